The lowest BCUT2D eigenvalue weighted by atomic mass is 10.1. The first-order chi connectivity index (χ1) is 9.33. The van der Waals surface area contributed by atoms with Gasteiger partial charge >= 0.3 is 0 Å². The van der Waals surface area contributed by atoms with Crippen molar-refractivity contribution >= 4 is 5.91 Å². The first-order valence-corrected chi connectivity index (χ1v) is 6.60. The molecule has 2 heterocycles. The van der Waals surface area contributed by atoms with Crippen molar-refractivity contribution in [3.8, 4) is 11.5 Å². The van der Waals surface area contributed by atoms with Gasteiger partial charge in [-0.25, -0.2) is 0 Å². The van der Waals surface area contributed by atoms with Crippen molar-refractivity contribution in [3.05, 3.63) is 30.2 Å². The Bertz CT molecular complexity index is 539. The number of aromatic nitrogens is 1. The van der Waals surface area contributed by atoms with E-state index in [1.807, 2.05) is 0 Å². The van der Waals surface area contributed by atoms with Crippen LogP contribution >= 0.6 is 0 Å². The van der Waals surface area contributed by atoms with Crippen LogP contribution in [0.1, 0.15) is 31.4 Å². The minimum Gasteiger partial charge on any atom is -0.461 e. The van der Waals surface area contributed by atoms with Gasteiger partial charge in [0.05, 0.1) is 12.8 Å². The fourth-order valence-corrected chi connectivity index (χ4v) is 2.44. The van der Waals surface area contributed by atoms with Crippen molar-refractivity contribution in [2.24, 2.45) is 5.92 Å². The van der Waals surface area contributed by atoms with Crippen LogP contribution in [0, 0.1) is 5.92 Å². The Morgan fingerprint density at radius 1 is 1.37 bits per heavy atom. The van der Waals surface area contributed by atoms with Gasteiger partial charge in [0.2, 0.25) is 11.7 Å². The molecule has 1 amide bonds. The first-order valence-electron chi connectivity index (χ1n) is 6.60. The van der Waals surface area contributed by atoms with Gasteiger partial charge in [-0.2, -0.15) is 0 Å². The maximum absolute atomic E-state index is 11.9. The lowest BCUT2D eigenvalue weighted by Crippen LogP contribution is -2.28. The highest BCUT2D eigenvalue weighted by atomic mass is 16.5. The van der Waals surface area contributed by atoms with Gasteiger partial charge in [0, 0.05) is 12.0 Å². The highest BCUT2D eigenvalue weighted by molar-refractivity contribution is 5.78. The van der Waals surface area contributed by atoms with E-state index in [2.05, 4.69) is 10.5 Å². The summed E-state index contributed by atoms with van der Waals surface area (Å²) in [5.41, 5.74) is 0.706. The third-order valence-corrected chi connectivity index (χ3v) is 3.49. The molecule has 0 unspecified atom stereocenters. The Morgan fingerprint density at radius 2 is 2.21 bits per heavy atom. The summed E-state index contributed by atoms with van der Waals surface area (Å²) in [7, 11) is 0. The summed E-state index contributed by atoms with van der Waals surface area (Å²) in [6, 6.07) is 5.38. The van der Waals surface area contributed by atoms with Crippen LogP contribution < -0.4 is 5.32 Å². The van der Waals surface area contributed by atoms with Gasteiger partial charge in [0.25, 0.3) is 0 Å². The highest BCUT2D eigenvalue weighted by Gasteiger charge is 2.22. The van der Waals surface area contributed by atoms with Gasteiger partial charge < -0.3 is 14.3 Å². The fourth-order valence-electron chi connectivity index (χ4n) is 2.44. The van der Waals surface area contributed by atoms with E-state index in [1.165, 1.54) is 0 Å². The predicted octanol–water partition coefficient (Wildman–Crippen LogP) is 2.74. The van der Waals surface area contributed by atoms with E-state index in [-0.39, 0.29) is 11.8 Å². The number of nitrogens with zero attached hydrogens (tertiary/aromatic N) is 1. The summed E-state index contributed by atoms with van der Waals surface area (Å²) in [5.74, 6) is 1.52. The molecule has 2 aromatic heterocycles. The standard InChI is InChI=1S/C14H16N2O3/c17-14(10-4-1-2-5-10)15-9-11-8-13(19-16-11)12-6-3-7-18-12/h3,6-8,10H,1-2,4-5,9H2,(H,15,17). The molecule has 0 bridgehead atoms. The Balaban J connectivity index is 1.57. The Hall–Kier alpha value is -2.04. The maximum Gasteiger partial charge on any atom is 0.223 e. The molecule has 0 atom stereocenters. The van der Waals surface area contributed by atoms with Crippen LogP contribution in [0.15, 0.2) is 33.4 Å². The number of carbonyl (C=O) groups excluding carboxylic acids is 1. The number of furan rings is 1. The zero-order valence-corrected chi connectivity index (χ0v) is 10.6. The number of hydrogen-bond donors (Lipinski definition) is 1. The molecule has 1 N–H and O–H groups in total. The third kappa shape index (κ3) is 2.70. The average Bonchev–Trinajstić information content (AvgIpc) is 3.14. The fraction of sp³-hybridized carbons (Fsp3) is 0.429. The summed E-state index contributed by atoms with van der Waals surface area (Å²) in [4.78, 5) is 11.9. The smallest absolute Gasteiger partial charge is 0.223 e. The maximum atomic E-state index is 11.9. The second-order valence-electron chi connectivity index (χ2n) is 4.86. The summed E-state index contributed by atoms with van der Waals surface area (Å²) in [6.07, 6.45) is 5.90. The predicted molar refractivity (Wildman–Crippen MR) is 68.0 cm³/mol. The van der Waals surface area contributed by atoms with Crippen LogP contribution in [0.25, 0.3) is 11.5 Å². The van der Waals surface area contributed by atoms with Crippen LogP contribution in [0.2, 0.25) is 0 Å². The van der Waals surface area contributed by atoms with Crippen molar-refractivity contribution in [1.29, 1.82) is 0 Å². The van der Waals surface area contributed by atoms with E-state index < -0.39 is 0 Å². The zero-order valence-electron chi connectivity index (χ0n) is 10.6. The van der Waals surface area contributed by atoms with Gasteiger partial charge in [-0.1, -0.05) is 18.0 Å². The number of rotatable bonds is 4. The number of carbonyl (C=O) groups is 1. The van der Waals surface area contributed by atoms with Crippen molar-refractivity contribution < 1.29 is 13.7 Å². The number of hydrogen-bond acceptors (Lipinski definition) is 4. The molecule has 5 heteroatoms. The normalized spacial score (nSPS) is 15.8. The molecule has 1 saturated carbocycles. The second-order valence-corrected chi connectivity index (χ2v) is 4.86. The highest BCUT2D eigenvalue weighted by Crippen LogP contribution is 2.25. The molecule has 5 nitrogen and oxygen atoms in total. The Labute approximate surface area is 111 Å². The molecular weight excluding hydrogens is 244 g/mol. The van der Waals surface area contributed by atoms with E-state index in [4.69, 9.17) is 8.94 Å². The molecule has 100 valence electrons. The minimum absolute atomic E-state index is 0.125. The average molecular weight is 260 g/mol. The van der Waals surface area contributed by atoms with E-state index in [1.54, 1.807) is 24.5 Å². The van der Waals surface area contributed by atoms with Gasteiger partial charge in [-0.15, -0.1) is 0 Å². The largest absolute Gasteiger partial charge is 0.461 e. The second kappa shape index (κ2) is 5.30. The molecule has 1 aliphatic rings. The van der Waals surface area contributed by atoms with Crippen LogP contribution in [0.4, 0.5) is 0 Å². The molecule has 0 aromatic carbocycles. The molecule has 0 aliphatic heterocycles. The minimum atomic E-state index is 0.125. The van der Waals surface area contributed by atoms with Crippen LogP contribution in [0.5, 0.6) is 0 Å². The monoisotopic (exact) mass is 260 g/mol. The lowest BCUT2D eigenvalue weighted by molar-refractivity contribution is -0.125. The molecule has 2 aromatic rings. The number of amides is 1. The van der Waals surface area contributed by atoms with Crippen LogP contribution in [-0.2, 0) is 11.3 Å². The lowest BCUT2D eigenvalue weighted by Gasteiger charge is -2.08. The number of nitrogens with one attached hydrogen (secondary N) is 1. The summed E-state index contributed by atoms with van der Waals surface area (Å²) in [5, 5.41) is 6.83. The molecule has 1 aliphatic carbocycles. The van der Waals surface area contributed by atoms with Crippen molar-refractivity contribution in [2.75, 3.05) is 0 Å². The van der Waals surface area contributed by atoms with Crippen LogP contribution in [-0.4, -0.2) is 11.1 Å². The van der Waals surface area contributed by atoms with E-state index in [0.717, 1.165) is 25.7 Å². The molecule has 19 heavy (non-hydrogen) atoms. The molecule has 3 rings (SSSR count). The van der Waals surface area contributed by atoms with Gasteiger partial charge in [0.1, 0.15) is 5.69 Å². The Kier molecular flexibility index (Phi) is 3.35. The zero-order chi connectivity index (χ0) is 13.1. The molecule has 1 fully saturated rings. The van der Waals surface area contributed by atoms with Crippen LogP contribution in [0.3, 0.4) is 0 Å². The SMILES string of the molecule is O=C(NCc1cc(-c2ccco2)on1)C1CCCC1. The third-order valence-electron chi connectivity index (χ3n) is 3.49. The summed E-state index contributed by atoms with van der Waals surface area (Å²) in [6.45, 7) is 0.402. The van der Waals surface area contributed by atoms with E-state index in [9.17, 15) is 4.79 Å². The molecular formula is C14H16N2O3. The molecule has 0 saturated heterocycles. The van der Waals surface area contributed by atoms with Crippen molar-refractivity contribution in [2.45, 2.75) is 32.2 Å². The van der Waals surface area contributed by atoms with E-state index >= 15 is 0 Å². The van der Waals surface area contributed by atoms with Gasteiger partial charge in [-0.05, 0) is 25.0 Å². The molecule has 0 spiro atoms. The van der Waals surface area contributed by atoms with Crippen molar-refractivity contribution in [1.82, 2.24) is 10.5 Å². The topological polar surface area (TPSA) is 68.3 Å². The van der Waals surface area contributed by atoms with E-state index in [0.29, 0.717) is 23.8 Å². The molecule has 0 radical (unpaired) electrons. The quantitative estimate of drug-likeness (QED) is 0.917. The van der Waals surface area contributed by atoms with Gasteiger partial charge in [-0.3, -0.25) is 4.79 Å². The van der Waals surface area contributed by atoms with Gasteiger partial charge in [0.15, 0.2) is 5.76 Å². The first kappa shape index (κ1) is 12.0. The van der Waals surface area contributed by atoms with Crippen molar-refractivity contribution in [3.63, 3.8) is 0 Å². The Morgan fingerprint density at radius 3 is 2.95 bits per heavy atom. The summed E-state index contributed by atoms with van der Waals surface area (Å²) < 4.78 is 10.4. The summed E-state index contributed by atoms with van der Waals surface area (Å²) >= 11 is 0.